The van der Waals surface area contributed by atoms with Gasteiger partial charge in [-0.05, 0) is 64.7 Å². The molecule has 0 atom stereocenters. The standard InChI is InChI=1S/C20H24N2O2S/c1-12-7-5-8-13(11-12)17(23)21-19-16(18(24)22-20(2,3)4)14-9-6-10-15(14)25-19/h5,7-8,11H,6,9-10H2,1-4H3,(H,21,23)(H,22,24). The molecule has 2 amide bonds. The molecule has 0 bridgehead atoms. The third-order valence-corrected chi connectivity index (χ3v) is 5.35. The zero-order chi connectivity index (χ0) is 18.2. The van der Waals surface area contributed by atoms with Crippen LogP contribution in [-0.2, 0) is 12.8 Å². The van der Waals surface area contributed by atoms with Crippen molar-refractivity contribution in [2.75, 3.05) is 5.32 Å². The monoisotopic (exact) mass is 356 g/mol. The number of rotatable bonds is 3. The van der Waals surface area contributed by atoms with Crippen LogP contribution in [0.5, 0.6) is 0 Å². The predicted molar refractivity (Wildman–Crippen MR) is 103 cm³/mol. The van der Waals surface area contributed by atoms with Gasteiger partial charge >= 0.3 is 0 Å². The van der Waals surface area contributed by atoms with Crippen LogP contribution in [0.15, 0.2) is 24.3 Å². The van der Waals surface area contributed by atoms with Gasteiger partial charge in [-0.15, -0.1) is 11.3 Å². The molecule has 2 N–H and O–H groups in total. The van der Waals surface area contributed by atoms with E-state index in [-0.39, 0.29) is 17.4 Å². The van der Waals surface area contributed by atoms with E-state index in [1.54, 1.807) is 6.07 Å². The Morgan fingerprint density at radius 1 is 1.12 bits per heavy atom. The highest BCUT2D eigenvalue weighted by atomic mass is 32.1. The summed E-state index contributed by atoms with van der Waals surface area (Å²) in [6.07, 6.45) is 2.96. The number of hydrogen-bond donors (Lipinski definition) is 2. The lowest BCUT2D eigenvalue weighted by Gasteiger charge is -2.21. The van der Waals surface area contributed by atoms with E-state index >= 15 is 0 Å². The molecule has 2 aromatic rings. The van der Waals surface area contributed by atoms with E-state index in [9.17, 15) is 9.59 Å². The quantitative estimate of drug-likeness (QED) is 0.860. The van der Waals surface area contributed by atoms with Gasteiger partial charge in [0.15, 0.2) is 0 Å². The number of anilines is 1. The Morgan fingerprint density at radius 3 is 2.56 bits per heavy atom. The molecular formula is C20H24N2O2S. The molecule has 1 heterocycles. The molecule has 1 aliphatic rings. The topological polar surface area (TPSA) is 58.2 Å². The number of fused-ring (bicyclic) bond motifs is 1. The van der Waals surface area contributed by atoms with Crippen LogP contribution in [-0.4, -0.2) is 17.4 Å². The maximum Gasteiger partial charge on any atom is 0.256 e. The number of hydrogen-bond acceptors (Lipinski definition) is 3. The van der Waals surface area contributed by atoms with Crippen LogP contribution in [0, 0.1) is 6.92 Å². The van der Waals surface area contributed by atoms with E-state index in [0.717, 1.165) is 30.4 Å². The van der Waals surface area contributed by atoms with Gasteiger partial charge in [0, 0.05) is 16.0 Å². The van der Waals surface area contributed by atoms with Crippen LogP contribution >= 0.6 is 11.3 Å². The first-order valence-corrected chi connectivity index (χ1v) is 9.41. The van der Waals surface area contributed by atoms with E-state index < -0.39 is 0 Å². The van der Waals surface area contributed by atoms with E-state index in [1.807, 2.05) is 45.9 Å². The van der Waals surface area contributed by atoms with Crippen molar-refractivity contribution in [1.29, 1.82) is 0 Å². The largest absolute Gasteiger partial charge is 0.347 e. The number of amides is 2. The SMILES string of the molecule is Cc1cccc(C(=O)Nc2sc3c(c2C(=O)NC(C)(C)C)CCC3)c1. The first-order valence-electron chi connectivity index (χ1n) is 8.59. The zero-order valence-corrected chi connectivity index (χ0v) is 16.0. The Kier molecular flexibility index (Phi) is 4.69. The van der Waals surface area contributed by atoms with Crippen LogP contribution < -0.4 is 10.6 Å². The van der Waals surface area contributed by atoms with E-state index in [4.69, 9.17) is 0 Å². The number of carbonyl (C=O) groups is 2. The Bertz CT molecular complexity index is 831. The summed E-state index contributed by atoms with van der Waals surface area (Å²) in [6, 6.07) is 7.47. The zero-order valence-electron chi connectivity index (χ0n) is 15.2. The van der Waals surface area contributed by atoms with Crippen molar-refractivity contribution in [2.45, 2.75) is 52.5 Å². The van der Waals surface area contributed by atoms with Gasteiger partial charge < -0.3 is 10.6 Å². The Morgan fingerprint density at radius 2 is 1.88 bits per heavy atom. The molecule has 1 aliphatic carbocycles. The maximum absolute atomic E-state index is 12.8. The third kappa shape index (κ3) is 3.93. The van der Waals surface area contributed by atoms with Gasteiger partial charge in [-0.2, -0.15) is 0 Å². The summed E-state index contributed by atoms with van der Waals surface area (Å²) < 4.78 is 0. The molecular weight excluding hydrogens is 332 g/mol. The van der Waals surface area contributed by atoms with Crippen molar-refractivity contribution in [1.82, 2.24) is 5.32 Å². The molecule has 5 heteroatoms. The first kappa shape index (κ1) is 17.7. The molecule has 0 fully saturated rings. The summed E-state index contributed by atoms with van der Waals surface area (Å²) in [5.41, 5.74) is 3.07. The minimum atomic E-state index is -0.317. The van der Waals surface area contributed by atoms with Gasteiger partial charge in [0.2, 0.25) is 0 Å². The average Bonchev–Trinajstić information content (AvgIpc) is 3.05. The van der Waals surface area contributed by atoms with E-state index in [2.05, 4.69) is 10.6 Å². The van der Waals surface area contributed by atoms with Crippen molar-refractivity contribution in [3.63, 3.8) is 0 Å². The van der Waals surface area contributed by atoms with Crippen molar-refractivity contribution in [3.05, 3.63) is 51.4 Å². The van der Waals surface area contributed by atoms with Crippen molar-refractivity contribution in [2.24, 2.45) is 0 Å². The highest BCUT2D eigenvalue weighted by Gasteiger charge is 2.29. The highest BCUT2D eigenvalue weighted by Crippen LogP contribution is 2.39. The van der Waals surface area contributed by atoms with Crippen molar-refractivity contribution < 1.29 is 9.59 Å². The lowest BCUT2D eigenvalue weighted by atomic mass is 10.1. The molecule has 3 rings (SSSR count). The molecule has 1 aromatic heterocycles. The highest BCUT2D eigenvalue weighted by molar-refractivity contribution is 7.17. The maximum atomic E-state index is 12.8. The van der Waals surface area contributed by atoms with Gasteiger partial charge in [-0.1, -0.05) is 17.7 Å². The normalized spacial score (nSPS) is 13.4. The summed E-state index contributed by atoms with van der Waals surface area (Å²) >= 11 is 1.54. The van der Waals surface area contributed by atoms with Crippen LogP contribution in [0.4, 0.5) is 5.00 Å². The third-order valence-electron chi connectivity index (χ3n) is 4.14. The molecule has 0 spiro atoms. The molecule has 25 heavy (non-hydrogen) atoms. The first-order chi connectivity index (χ1) is 11.7. The minimum Gasteiger partial charge on any atom is -0.347 e. The predicted octanol–water partition coefficient (Wildman–Crippen LogP) is 4.33. The number of benzene rings is 1. The fraction of sp³-hybridized carbons (Fsp3) is 0.400. The summed E-state index contributed by atoms with van der Waals surface area (Å²) in [7, 11) is 0. The van der Waals surface area contributed by atoms with Crippen molar-refractivity contribution in [3.8, 4) is 0 Å². The second-order valence-corrected chi connectivity index (χ2v) is 8.69. The van der Waals surface area contributed by atoms with Crippen LogP contribution in [0.25, 0.3) is 0 Å². The number of aryl methyl sites for hydroxylation is 2. The summed E-state index contributed by atoms with van der Waals surface area (Å²) in [5.74, 6) is -0.278. The Labute approximate surface area is 152 Å². The second kappa shape index (κ2) is 6.64. The molecule has 4 nitrogen and oxygen atoms in total. The van der Waals surface area contributed by atoms with Gasteiger partial charge in [0.25, 0.3) is 11.8 Å². The molecule has 0 aliphatic heterocycles. The number of carbonyl (C=O) groups excluding carboxylic acids is 2. The van der Waals surface area contributed by atoms with Gasteiger partial charge in [0.05, 0.1) is 5.56 Å². The average molecular weight is 356 g/mol. The summed E-state index contributed by atoms with van der Waals surface area (Å²) in [5, 5.41) is 6.66. The lowest BCUT2D eigenvalue weighted by Crippen LogP contribution is -2.41. The second-order valence-electron chi connectivity index (χ2n) is 7.59. The Balaban J connectivity index is 1.91. The van der Waals surface area contributed by atoms with Gasteiger partial charge in [0.1, 0.15) is 5.00 Å². The molecule has 1 aromatic carbocycles. The molecule has 132 valence electrons. The summed E-state index contributed by atoms with van der Waals surface area (Å²) in [4.78, 5) is 26.7. The smallest absolute Gasteiger partial charge is 0.256 e. The fourth-order valence-electron chi connectivity index (χ4n) is 3.10. The minimum absolute atomic E-state index is 0.105. The number of thiophene rings is 1. The van der Waals surface area contributed by atoms with Gasteiger partial charge in [-0.3, -0.25) is 9.59 Å². The molecule has 0 radical (unpaired) electrons. The van der Waals surface area contributed by atoms with Gasteiger partial charge in [-0.25, -0.2) is 0 Å². The van der Waals surface area contributed by atoms with E-state index in [1.165, 1.54) is 16.2 Å². The van der Waals surface area contributed by atoms with Crippen molar-refractivity contribution >= 4 is 28.2 Å². The Hall–Kier alpha value is -2.14. The fourth-order valence-corrected chi connectivity index (χ4v) is 4.38. The number of nitrogens with one attached hydrogen (secondary N) is 2. The van der Waals surface area contributed by atoms with Crippen LogP contribution in [0.1, 0.15) is 63.9 Å². The lowest BCUT2D eigenvalue weighted by molar-refractivity contribution is 0.0920. The molecule has 0 saturated carbocycles. The molecule has 0 unspecified atom stereocenters. The van der Waals surface area contributed by atoms with E-state index in [0.29, 0.717) is 16.1 Å². The molecule has 0 saturated heterocycles. The van der Waals surface area contributed by atoms with Crippen LogP contribution in [0.2, 0.25) is 0 Å². The summed E-state index contributed by atoms with van der Waals surface area (Å²) in [6.45, 7) is 7.84. The van der Waals surface area contributed by atoms with Crippen LogP contribution in [0.3, 0.4) is 0 Å².